The standard InChI is InChI=1S/C17H14O3/c1-19-16-7-3-5-11-13(16)9-14-12(15(11)10-18)6-4-8-17(14)20-2/h3-10H,1-2H3. The Labute approximate surface area is 116 Å². The number of fused-ring (bicyclic) bond motifs is 2. The number of benzene rings is 3. The molecular formula is C17H14O3. The third-order valence-electron chi connectivity index (χ3n) is 3.56. The second-order valence-corrected chi connectivity index (χ2v) is 4.52. The second-order valence-electron chi connectivity index (χ2n) is 4.52. The van der Waals surface area contributed by atoms with E-state index in [1.165, 1.54) is 0 Å². The van der Waals surface area contributed by atoms with Gasteiger partial charge in [0.15, 0.2) is 6.29 Å². The highest BCUT2D eigenvalue weighted by molar-refractivity contribution is 6.14. The van der Waals surface area contributed by atoms with Gasteiger partial charge in [-0.2, -0.15) is 0 Å². The van der Waals surface area contributed by atoms with Crippen molar-refractivity contribution in [2.75, 3.05) is 14.2 Å². The van der Waals surface area contributed by atoms with Gasteiger partial charge in [0.25, 0.3) is 0 Å². The first-order valence-electron chi connectivity index (χ1n) is 6.31. The first kappa shape index (κ1) is 12.5. The average Bonchev–Trinajstić information content (AvgIpc) is 2.51. The maximum absolute atomic E-state index is 11.6. The Bertz CT molecular complexity index is 744. The molecule has 100 valence electrons. The lowest BCUT2D eigenvalue weighted by Gasteiger charge is -2.12. The summed E-state index contributed by atoms with van der Waals surface area (Å²) >= 11 is 0. The molecule has 0 saturated carbocycles. The minimum absolute atomic E-state index is 0.662. The zero-order valence-electron chi connectivity index (χ0n) is 11.3. The molecule has 0 spiro atoms. The van der Waals surface area contributed by atoms with Crippen molar-refractivity contribution in [3.63, 3.8) is 0 Å². The van der Waals surface area contributed by atoms with Crippen LogP contribution in [-0.4, -0.2) is 20.5 Å². The van der Waals surface area contributed by atoms with Gasteiger partial charge in [-0.3, -0.25) is 4.79 Å². The van der Waals surface area contributed by atoms with Crippen molar-refractivity contribution in [2.45, 2.75) is 0 Å². The van der Waals surface area contributed by atoms with Crippen LogP contribution in [0.4, 0.5) is 0 Å². The highest BCUT2D eigenvalue weighted by Gasteiger charge is 2.12. The van der Waals surface area contributed by atoms with Crippen molar-refractivity contribution in [2.24, 2.45) is 0 Å². The molecule has 0 aliphatic heterocycles. The van der Waals surface area contributed by atoms with Crippen LogP contribution < -0.4 is 9.47 Å². The lowest BCUT2D eigenvalue weighted by molar-refractivity contribution is 0.112. The molecule has 0 saturated heterocycles. The van der Waals surface area contributed by atoms with Gasteiger partial charge in [-0.25, -0.2) is 0 Å². The quantitative estimate of drug-likeness (QED) is 0.534. The number of hydrogen-bond donors (Lipinski definition) is 0. The maximum atomic E-state index is 11.6. The molecule has 3 nitrogen and oxygen atoms in total. The van der Waals surface area contributed by atoms with Gasteiger partial charge < -0.3 is 9.47 Å². The van der Waals surface area contributed by atoms with Gasteiger partial charge in [-0.05, 0) is 29.0 Å². The van der Waals surface area contributed by atoms with Crippen LogP contribution in [0.15, 0.2) is 42.5 Å². The molecule has 0 aliphatic carbocycles. The van der Waals surface area contributed by atoms with E-state index in [4.69, 9.17) is 9.47 Å². The lowest BCUT2D eigenvalue weighted by Crippen LogP contribution is -1.92. The third kappa shape index (κ3) is 1.71. The Balaban J connectivity index is 2.57. The fraction of sp³-hybridized carbons (Fsp3) is 0.118. The van der Waals surface area contributed by atoms with E-state index in [9.17, 15) is 4.79 Å². The molecule has 20 heavy (non-hydrogen) atoms. The van der Waals surface area contributed by atoms with E-state index in [2.05, 4.69) is 0 Å². The summed E-state index contributed by atoms with van der Waals surface area (Å²) in [5.74, 6) is 1.50. The van der Waals surface area contributed by atoms with E-state index in [0.29, 0.717) is 5.56 Å². The Hall–Kier alpha value is -2.55. The van der Waals surface area contributed by atoms with Gasteiger partial charge in [-0.1, -0.05) is 24.3 Å². The molecule has 0 atom stereocenters. The summed E-state index contributed by atoms with van der Waals surface area (Å²) in [5.41, 5.74) is 0.662. The van der Waals surface area contributed by atoms with Gasteiger partial charge in [0.05, 0.1) is 14.2 Å². The predicted molar refractivity (Wildman–Crippen MR) is 79.9 cm³/mol. The second kappa shape index (κ2) is 4.85. The number of carbonyl (C=O) groups is 1. The summed E-state index contributed by atoms with van der Waals surface area (Å²) in [4.78, 5) is 11.6. The molecule has 0 aliphatic rings. The molecule has 0 fully saturated rings. The zero-order chi connectivity index (χ0) is 14.1. The zero-order valence-corrected chi connectivity index (χ0v) is 11.3. The van der Waals surface area contributed by atoms with E-state index in [1.807, 2.05) is 42.5 Å². The number of ether oxygens (including phenoxy) is 2. The third-order valence-corrected chi connectivity index (χ3v) is 3.56. The predicted octanol–water partition coefficient (Wildman–Crippen LogP) is 3.82. The lowest BCUT2D eigenvalue weighted by atomic mass is 9.96. The van der Waals surface area contributed by atoms with Crippen LogP contribution in [0.25, 0.3) is 21.5 Å². The Kier molecular flexibility index (Phi) is 3.03. The van der Waals surface area contributed by atoms with Gasteiger partial charge in [0.1, 0.15) is 11.5 Å². The maximum Gasteiger partial charge on any atom is 0.151 e. The Morgan fingerprint density at radius 2 is 1.30 bits per heavy atom. The van der Waals surface area contributed by atoms with Gasteiger partial charge in [0.2, 0.25) is 0 Å². The molecule has 0 amide bonds. The highest BCUT2D eigenvalue weighted by atomic mass is 16.5. The Morgan fingerprint density at radius 1 is 0.800 bits per heavy atom. The van der Waals surface area contributed by atoms with Crippen LogP contribution in [-0.2, 0) is 0 Å². The van der Waals surface area contributed by atoms with Crippen molar-refractivity contribution < 1.29 is 14.3 Å². The van der Waals surface area contributed by atoms with E-state index in [-0.39, 0.29) is 0 Å². The first-order chi connectivity index (χ1) is 9.80. The molecule has 0 unspecified atom stereocenters. The number of hydrogen-bond acceptors (Lipinski definition) is 3. The molecule has 0 bridgehead atoms. The van der Waals surface area contributed by atoms with Crippen LogP contribution in [0.2, 0.25) is 0 Å². The highest BCUT2D eigenvalue weighted by Crippen LogP contribution is 2.36. The molecular weight excluding hydrogens is 252 g/mol. The minimum Gasteiger partial charge on any atom is -0.496 e. The molecule has 3 aromatic carbocycles. The van der Waals surface area contributed by atoms with E-state index >= 15 is 0 Å². The van der Waals surface area contributed by atoms with Crippen molar-refractivity contribution in [1.29, 1.82) is 0 Å². The number of methoxy groups -OCH3 is 2. The van der Waals surface area contributed by atoms with Crippen molar-refractivity contribution in [3.05, 3.63) is 48.0 Å². The van der Waals surface area contributed by atoms with Crippen LogP contribution in [0, 0.1) is 0 Å². The van der Waals surface area contributed by atoms with Crippen molar-refractivity contribution >= 4 is 27.8 Å². The molecule has 3 heteroatoms. The van der Waals surface area contributed by atoms with Crippen LogP contribution in [0.5, 0.6) is 11.5 Å². The van der Waals surface area contributed by atoms with Crippen LogP contribution in [0.3, 0.4) is 0 Å². The van der Waals surface area contributed by atoms with Gasteiger partial charge >= 0.3 is 0 Å². The largest absolute Gasteiger partial charge is 0.496 e. The van der Waals surface area contributed by atoms with Gasteiger partial charge in [0, 0.05) is 16.3 Å². The van der Waals surface area contributed by atoms with Gasteiger partial charge in [-0.15, -0.1) is 0 Å². The molecule has 3 aromatic rings. The van der Waals surface area contributed by atoms with Crippen LogP contribution in [0.1, 0.15) is 10.4 Å². The Morgan fingerprint density at radius 3 is 1.70 bits per heavy atom. The molecule has 0 heterocycles. The number of rotatable bonds is 3. The topological polar surface area (TPSA) is 35.5 Å². The van der Waals surface area contributed by atoms with Crippen molar-refractivity contribution in [1.82, 2.24) is 0 Å². The summed E-state index contributed by atoms with van der Waals surface area (Å²) in [5, 5.41) is 3.60. The SMILES string of the molecule is COc1cccc2c(C=O)c3cccc(OC)c3cc12. The minimum atomic E-state index is 0.662. The van der Waals surface area contributed by atoms with Crippen LogP contribution >= 0.6 is 0 Å². The summed E-state index contributed by atoms with van der Waals surface area (Å²) in [6.45, 7) is 0. The molecule has 3 rings (SSSR count). The van der Waals surface area contributed by atoms with E-state index in [0.717, 1.165) is 39.3 Å². The monoisotopic (exact) mass is 266 g/mol. The smallest absolute Gasteiger partial charge is 0.151 e. The number of carbonyl (C=O) groups excluding carboxylic acids is 1. The fourth-order valence-corrected chi connectivity index (χ4v) is 2.63. The average molecular weight is 266 g/mol. The molecule has 0 aromatic heterocycles. The normalized spacial score (nSPS) is 10.7. The number of aldehydes is 1. The summed E-state index contributed by atoms with van der Waals surface area (Å²) < 4.78 is 10.8. The van der Waals surface area contributed by atoms with E-state index in [1.54, 1.807) is 14.2 Å². The van der Waals surface area contributed by atoms with Crippen molar-refractivity contribution in [3.8, 4) is 11.5 Å². The van der Waals surface area contributed by atoms with E-state index < -0.39 is 0 Å². The molecule has 0 radical (unpaired) electrons. The fourth-order valence-electron chi connectivity index (χ4n) is 2.63. The summed E-state index contributed by atoms with van der Waals surface area (Å²) in [7, 11) is 3.25. The summed E-state index contributed by atoms with van der Waals surface area (Å²) in [6.07, 6.45) is 0.892. The molecule has 0 N–H and O–H groups in total. The first-order valence-corrected chi connectivity index (χ1v) is 6.31. The summed E-state index contributed by atoms with van der Waals surface area (Å²) in [6, 6.07) is 13.4.